The largest absolute Gasteiger partial charge is 0.313 e. The molecule has 0 aliphatic carbocycles. The van der Waals surface area contributed by atoms with Crippen LogP contribution in [0.25, 0.3) is 0 Å². The van der Waals surface area contributed by atoms with E-state index in [1.807, 2.05) is 14.0 Å². The molecule has 1 unspecified atom stereocenters. The van der Waals surface area contributed by atoms with Crippen molar-refractivity contribution < 1.29 is 0 Å². The van der Waals surface area contributed by atoms with Gasteiger partial charge in [-0.15, -0.1) is 0 Å². The minimum Gasteiger partial charge on any atom is -0.313 e. The van der Waals surface area contributed by atoms with E-state index >= 15 is 0 Å². The lowest BCUT2D eigenvalue weighted by molar-refractivity contribution is 0.138. The van der Waals surface area contributed by atoms with Crippen LogP contribution in [0.5, 0.6) is 0 Å². The van der Waals surface area contributed by atoms with Gasteiger partial charge in [0.2, 0.25) is 0 Å². The zero-order valence-electron chi connectivity index (χ0n) is 8.96. The van der Waals surface area contributed by atoms with Crippen LogP contribution in [0.15, 0.2) is 11.1 Å². The average molecular weight is 193 g/mol. The molecule has 0 fully saturated rings. The molecule has 2 rings (SSSR count). The monoisotopic (exact) mass is 193 g/mol. The van der Waals surface area contributed by atoms with E-state index in [4.69, 9.17) is 0 Å². The molecule has 0 spiro atoms. The van der Waals surface area contributed by atoms with Crippen molar-refractivity contribution in [3.63, 3.8) is 0 Å². The molecule has 0 amide bonds. The van der Waals surface area contributed by atoms with E-state index in [0.29, 0.717) is 0 Å². The summed E-state index contributed by atoms with van der Waals surface area (Å²) >= 11 is 0. The summed E-state index contributed by atoms with van der Waals surface area (Å²) in [6, 6.07) is 0.137. The van der Waals surface area contributed by atoms with Crippen LogP contribution in [-0.4, -0.2) is 21.9 Å². The van der Waals surface area contributed by atoms with E-state index in [1.165, 1.54) is 6.33 Å². The lowest BCUT2D eigenvalue weighted by atomic mass is 10.0. The number of nitrogens with one attached hydrogen (secondary N) is 1. The van der Waals surface area contributed by atoms with Crippen LogP contribution in [0.1, 0.15) is 38.1 Å². The molecule has 0 saturated carbocycles. The van der Waals surface area contributed by atoms with E-state index < -0.39 is 0 Å². The van der Waals surface area contributed by atoms with E-state index in [1.54, 1.807) is 0 Å². The summed E-state index contributed by atoms with van der Waals surface area (Å²) in [5.74, 6) is 0. The number of rotatable bonds is 0. The zero-order valence-corrected chi connectivity index (χ0v) is 8.96. The van der Waals surface area contributed by atoms with Gasteiger partial charge in [0.25, 0.3) is 5.56 Å². The molecule has 1 aromatic heterocycles. The van der Waals surface area contributed by atoms with Crippen molar-refractivity contribution >= 4 is 0 Å². The Balaban J connectivity index is 2.74. The molecule has 76 valence electrons. The standard InChI is InChI=1S/C10H15N3O/c1-6-7-8(10(2,3)13(6)4)11-5-12-9(7)14/h5-6H,1-4H3,(H,11,12,14). The molecule has 0 aromatic carbocycles. The van der Waals surface area contributed by atoms with Crippen molar-refractivity contribution in [3.8, 4) is 0 Å². The maximum absolute atomic E-state index is 11.6. The molecule has 1 N–H and O–H groups in total. The van der Waals surface area contributed by atoms with Crippen molar-refractivity contribution in [3.05, 3.63) is 27.9 Å². The highest BCUT2D eigenvalue weighted by molar-refractivity contribution is 5.32. The van der Waals surface area contributed by atoms with Crippen LogP contribution >= 0.6 is 0 Å². The van der Waals surface area contributed by atoms with Gasteiger partial charge in [0.15, 0.2) is 0 Å². The van der Waals surface area contributed by atoms with Gasteiger partial charge in [-0.25, -0.2) is 4.98 Å². The number of hydrogen-bond donors (Lipinski definition) is 1. The van der Waals surface area contributed by atoms with Crippen LogP contribution < -0.4 is 5.56 Å². The van der Waals surface area contributed by atoms with Crippen LogP contribution in [0.3, 0.4) is 0 Å². The Bertz CT molecular complexity index is 422. The molecule has 2 heterocycles. The fourth-order valence-electron chi connectivity index (χ4n) is 2.13. The molecule has 1 aromatic rings. The van der Waals surface area contributed by atoms with Gasteiger partial charge in [0.05, 0.1) is 23.1 Å². The molecular formula is C10H15N3O. The van der Waals surface area contributed by atoms with Crippen LogP contribution in [0.4, 0.5) is 0 Å². The second-order valence-electron chi connectivity index (χ2n) is 4.34. The van der Waals surface area contributed by atoms with Gasteiger partial charge in [-0.3, -0.25) is 9.69 Å². The zero-order chi connectivity index (χ0) is 10.5. The maximum Gasteiger partial charge on any atom is 0.255 e. The second-order valence-corrected chi connectivity index (χ2v) is 4.34. The third-order valence-electron chi connectivity index (χ3n) is 3.35. The minimum absolute atomic E-state index is 0.0140. The predicted molar refractivity (Wildman–Crippen MR) is 54.1 cm³/mol. The number of fused-ring (bicyclic) bond motifs is 1. The fourth-order valence-corrected chi connectivity index (χ4v) is 2.13. The molecule has 0 radical (unpaired) electrons. The molecule has 1 atom stereocenters. The summed E-state index contributed by atoms with van der Waals surface area (Å²) in [5, 5.41) is 0. The Labute approximate surface area is 83.0 Å². The molecule has 1 aliphatic rings. The molecule has 4 heteroatoms. The van der Waals surface area contributed by atoms with Gasteiger partial charge < -0.3 is 4.98 Å². The summed E-state index contributed by atoms with van der Waals surface area (Å²) in [4.78, 5) is 20.7. The van der Waals surface area contributed by atoms with Gasteiger partial charge in [-0.05, 0) is 27.8 Å². The van der Waals surface area contributed by atoms with Crippen molar-refractivity contribution in [1.82, 2.24) is 14.9 Å². The Hall–Kier alpha value is -1.16. The number of hydrogen-bond acceptors (Lipinski definition) is 3. The molecule has 0 bridgehead atoms. The van der Waals surface area contributed by atoms with Crippen molar-refractivity contribution in [2.24, 2.45) is 0 Å². The Morgan fingerprint density at radius 3 is 2.79 bits per heavy atom. The third-order valence-corrected chi connectivity index (χ3v) is 3.35. The third kappa shape index (κ3) is 0.973. The highest BCUT2D eigenvalue weighted by Crippen LogP contribution is 2.40. The van der Waals surface area contributed by atoms with Crippen LogP contribution in [0, 0.1) is 0 Å². The fraction of sp³-hybridized carbons (Fsp3) is 0.600. The van der Waals surface area contributed by atoms with Crippen LogP contribution in [0.2, 0.25) is 0 Å². The SMILES string of the molecule is CC1c2c(nc[nH]c2=O)C(C)(C)N1C. The van der Waals surface area contributed by atoms with E-state index in [2.05, 4.69) is 28.7 Å². The van der Waals surface area contributed by atoms with Crippen molar-refractivity contribution in [2.45, 2.75) is 32.4 Å². The lowest BCUT2D eigenvalue weighted by Crippen LogP contribution is -2.33. The smallest absolute Gasteiger partial charge is 0.255 e. The summed E-state index contributed by atoms with van der Waals surface area (Å²) in [6.45, 7) is 6.20. The quantitative estimate of drug-likeness (QED) is 0.669. The summed E-state index contributed by atoms with van der Waals surface area (Å²) in [5.41, 5.74) is 1.54. The van der Waals surface area contributed by atoms with Gasteiger partial charge >= 0.3 is 0 Å². The van der Waals surface area contributed by atoms with Crippen LogP contribution in [-0.2, 0) is 5.54 Å². The first kappa shape index (κ1) is 9.40. The van der Waals surface area contributed by atoms with E-state index in [9.17, 15) is 4.79 Å². The Morgan fingerprint density at radius 2 is 2.21 bits per heavy atom. The van der Waals surface area contributed by atoms with Gasteiger partial charge in [0, 0.05) is 6.04 Å². The van der Waals surface area contributed by atoms with E-state index in [0.717, 1.165) is 11.3 Å². The maximum atomic E-state index is 11.6. The molecule has 1 aliphatic heterocycles. The first-order valence-electron chi connectivity index (χ1n) is 4.77. The number of H-pyrrole nitrogens is 1. The summed E-state index contributed by atoms with van der Waals surface area (Å²) in [6.07, 6.45) is 1.48. The Kier molecular flexibility index (Phi) is 1.79. The van der Waals surface area contributed by atoms with Gasteiger partial charge in [-0.2, -0.15) is 0 Å². The number of nitrogens with zero attached hydrogens (tertiary/aromatic N) is 2. The first-order chi connectivity index (χ1) is 6.46. The second kappa shape index (κ2) is 2.67. The normalized spacial score (nSPS) is 25.0. The molecule has 14 heavy (non-hydrogen) atoms. The van der Waals surface area contributed by atoms with E-state index in [-0.39, 0.29) is 17.1 Å². The molecular weight excluding hydrogens is 178 g/mol. The summed E-state index contributed by atoms with van der Waals surface area (Å²) < 4.78 is 0. The Morgan fingerprint density at radius 1 is 1.57 bits per heavy atom. The predicted octanol–water partition coefficient (Wildman–Crippen LogP) is 1.01. The number of aromatic amines is 1. The molecule has 4 nitrogen and oxygen atoms in total. The van der Waals surface area contributed by atoms with Crippen molar-refractivity contribution in [1.29, 1.82) is 0 Å². The first-order valence-corrected chi connectivity index (χ1v) is 4.77. The average Bonchev–Trinajstić information content (AvgIpc) is 2.30. The minimum atomic E-state index is -0.150. The molecule has 0 saturated heterocycles. The topological polar surface area (TPSA) is 49.0 Å². The van der Waals surface area contributed by atoms with Gasteiger partial charge in [0.1, 0.15) is 0 Å². The van der Waals surface area contributed by atoms with Gasteiger partial charge in [-0.1, -0.05) is 0 Å². The van der Waals surface area contributed by atoms with Crippen molar-refractivity contribution in [2.75, 3.05) is 7.05 Å². The summed E-state index contributed by atoms with van der Waals surface area (Å²) in [7, 11) is 2.02. The lowest BCUT2D eigenvalue weighted by Gasteiger charge is -2.30. The number of aromatic nitrogens is 2. The highest BCUT2D eigenvalue weighted by atomic mass is 16.1. The highest BCUT2D eigenvalue weighted by Gasteiger charge is 2.42.